The highest BCUT2D eigenvalue weighted by Crippen LogP contribution is 2.25. The molecule has 1 unspecified atom stereocenters. The summed E-state index contributed by atoms with van der Waals surface area (Å²) in [7, 11) is 0. The summed E-state index contributed by atoms with van der Waals surface area (Å²) < 4.78 is 9.90. The van der Waals surface area contributed by atoms with Crippen LogP contribution in [0.4, 0.5) is 0 Å². The first-order chi connectivity index (χ1) is 11.4. The van der Waals surface area contributed by atoms with E-state index in [0.29, 0.717) is 10.9 Å². The van der Waals surface area contributed by atoms with Crippen LogP contribution in [0.15, 0.2) is 30.5 Å². The van der Waals surface area contributed by atoms with Crippen molar-refractivity contribution in [2.24, 2.45) is 0 Å². The molecule has 1 aromatic heterocycles. The number of carboxylic acid groups (broad SMARTS) is 1. The number of esters is 1. The van der Waals surface area contributed by atoms with Crippen molar-refractivity contribution in [1.29, 1.82) is 0 Å². The van der Waals surface area contributed by atoms with Gasteiger partial charge in [0.15, 0.2) is 6.10 Å². The molecule has 2 aromatic rings. The summed E-state index contributed by atoms with van der Waals surface area (Å²) in [4.78, 5) is 26.2. The van der Waals surface area contributed by atoms with E-state index in [0.717, 1.165) is 0 Å². The number of ether oxygens (including phenoxy) is 2. The summed E-state index contributed by atoms with van der Waals surface area (Å²) in [5.41, 5.74) is 0.849. The van der Waals surface area contributed by atoms with Gasteiger partial charge in [0.2, 0.25) is 6.29 Å². The number of benzene rings is 1. The van der Waals surface area contributed by atoms with Gasteiger partial charge in [0.1, 0.15) is 18.3 Å². The van der Waals surface area contributed by atoms with Crippen LogP contribution in [0.3, 0.4) is 0 Å². The minimum absolute atomic E-state index is 0.161. The Labute approximate surface area is 135 Å². The summed E-state index contributed by atoms with van der Waals surface area (Å²) >= 11 is 0. The van der Waals surface area contributed by atoms with E-state index in [1.165, 1.54) is 6.20 Å². The molecule has 5 atom stereocenters. The van der Waals surface area contributed by atoms with Crippen LogP contribution in [-0.2, 0) is 14.3 Å². The highest BCUT2D eigenvalue weighted by molar-refractivity contribution is 6.04. The van der Waals surface area contributed by atoms with Crippen molar-refractivity contribution in [3.8, 4) is 0 Å². The molecule has 0 amide bonds. The van der Waals surface area contributed by atoms with E-state index in [1.807, 2.05) is 0 Å². The lowest BCUT2D eigenvalue weighted by Gasteiger charge is -2.37. The molecule has 0 aliphatic carbocycles. The third kappa shape index (κ3) is 2.74. The van der Waals surface area contributed by atoms with Crippen LogP contribution in [0.1, 0.15) is 10.4 Å². The maximum Gasteiger partial charge on any atom is 0.342 e. The fourth-order valence-electron chi connectivity index (χ4n) is 2.56. The molecule has 1 aliphatic rings. The van der Waals surface area contributed by atoms with E-state index in [4.69, 9.17) is 14.6 Å². The lowest BCUT2D eigenvalue weighted by Crippen LogP contribution is -2.60. The first-order valence-electron chi connectivity index (χ1n) is 7.09. The van der Waals surface area contributed by atoms with Gasteiger partial charge in [-0.15, -0.1) is 0 Å². The van der Waals surface area contributed by atoms with Gasteiger partial charge in [0, 0.05) is 17.1 Å². The van der Waals surface area contributed by atoms with Crippen LogP contribution in [0.25, 0.3) is 10.9 Å². The molecule has 3 rings (SSSR count). The number of hydrogen-bond donors (Lipinski definition) is 5. The van der Waals surface area contributed by atoms with Gasteiger partial charge in [0.25, 0.3) is 0 Å². The van der Waals surface area contributed by atoms with Crippen LogP contribution in [0, 0.1) is 0 Å². The topological polar surface area (TPSA) is 149 Å². The SMILES string of the molecule is O=C(O[C@@H]1OC(C(=O)O)[C@@H](O)[C@H](O)[C@H]1O)c1c[nH]c2ccccc12. The van der Waals surface area contributed by atoms with Gasteiger partial charge in [-0.3, -0.25) is 0 Å². The molecule has 1 aliphatic heterocycles. The Bertz CT molecular complexity index is 772. The molecule has 0 bridgehead atoms. The number of H-pyrrole nitrogens is 1. The number of carbonyl (C=O) groups is 2. The number of aromatic nitrogens is 1. The number of fused-ring (bicyclic) bond motifs is 1. The standard InChI is InChI=1S/C15H15NO8/c17-9-10(18)12(13(20)21)23-15(11(9)19)24-14(22)7-5-16-8-4-2-1-3-6(7)8/h1-5,9-12,15-19H,(H,20,21)/t9-,10-,11+,12?,15-/m0/s1. The van der Waals surface area contributed by atoms with Crippen LogP contribution in [0.2, 0.25) is 0 Å². The Morgan fingerprint density at radius 3 is 2.50 bits per heavy atom. The summed E-state index contributed by atoms with van der Waals surface area (Å²) in [5, 5.41) is 38.7. The zero-order chi connectivity index (χ0) is 17.4. The average Bonchev–Trinajstić information content (AvgIpc) is 2.99. The molecule has 1 fully saturated rings. The third-order valence-corrected chi connectivity index (χ3v) is 3.85. The number of nitrogens with one attached hydrogen (secondary N) is 1. The molecule has 5 N–H and O–H groups in total. The van der Waals surface area contributed by atoms with Crippen molar-refractivity contribution >= 4 is 22.8 Å². The Morgan fingerprint density at radius 1 is 1.08 bits per heavy atom. The van der Waals surface area contributed by atoms with Crippen molar-refractivity contribution in [3.05, 3.63) is 36.0 Å². The van der Waals surface area contributed by atoms with E-state index < -0.39 is 42.6 Å². The van der Waals surface area contributed by atoms with Gasteiger partial charge in [0.05, 0.1) is 5.56 Å². The second kappa shape index (κ2) is 6.21. The number of aliphatic hydroxyl groups excluding tert-OH is 3. The lowest BCUT2D eigenvalue weighted by molar-refractivity contribution is -0.278. The average molecular weight is 337 g/mol. The first kappa shape index (κ1) is 16.4. The Hall–Kier alpha value is -2.46. The highest BCUT2D eigenvalue weighted by Gasteiger charge is 2.48. The van der Waals surface area contributed by atoms with Crippen LogP contribution < -0.4 is 0 Å². The third-order valence-electron chi connectivity index (χ3n) is 3.85. The number of aromatic amines is 1. The molecular weight excluding hydrogens is 322 g/mol. The van der Waals surface area contributed by atoms with E-state index in [-0.39, 0.29) is 5.56 Å². The quantitative estimate of drug-likeness (QED) is 0.458. The normalized spacial score (nSPS) is 30.2. The van der Waals surface area contributed by atoms with Crippen LogP contribution in [0.5, 0.6) is 0 Å². The molecule has 0 radical (unpaired) electrons. The smallest absolute Gasteiger partial charge is 0.342 e. The number of aliphatic carboxylic acids is 1. The fourth-order valence-corrected chi connectivity index (χ4v) is 2.56. The zero-order valence-corrected chi connectivity index (χ0v) is 12.2. The van der Waals surface area contributed by atoms with Gasteiger partial charge in [-0.2, -0.15) is 0 Å². The van der Waals surface area contributed by atoms with Gasteiger partial charge in [-0.05, 0) is 6.07 Å². The van der Waals surface area contributed by atoms with Gasteiger partial charge >= 0.3 is 11.9 Å². The number of aliphatic hydroxyl groups is 3. The predicted octanol–water partition coefficient (Wildman–Crippen LogP) is -0.783. The predicted molar refractivity (Wildman–Crippen MR) is 78.0 cm³/mol. The highest BCUT2D eigenvalue weighted by atomic mass is 16.7. The van der Waals surface area contributed by atoms with Crippen molar-refractivity contribution in [1.82, 2.24) is 4.98 Å². The van der Waals surface area contributed by atoms with E-state index in [2.05, 4.69) is 4.98 Å². The monoisotopic (exact) mass is 337 g/mol. The summed E-state index contributed by atoms with van der Waals surface area (Å²) in [6.07, 6.45) is -7.62. The van der Waals surface area contributed by atoms with Crippen LogP contribution in [-0.4, -0.2) is 68.1 Å². The van der Waals surface area contributed by atoms with E-state index in [9.17, 15) is 24.9 Å². The van der Waals surface area contributed by atoms with Crippen molar-refractivity contribution in [3.63, 3.8) is 0 Å². The molecule has 0 saturated carbocycles. The molecule has 2 heterocycles. The van der Waals surface area contributed by atoms with Gasteiger partial charge in [-0.1, -0.05) is 18.2 Å². The molecule has 128 valence electrons. The molecule has 24 heavy (non-hydrogen) atoms. The summed E-state index contributed by atoms with van der Waals surface area (Å²) in [6, 6.07) is 6.93. The van der Waals surface area contributed by atoms with Crippen molar-refractivity contribution in [2.75, 3.05) is 0 Å². The number of carboxylic acids is 1. The number of para-hydroxylation sites is 1. The maximum absolute atomic E-state index is 12.3. The zero-order valence-electron chi connectivity index (χ0n) is 12.2. The van der Waals surface area contributed by atoms with Crippen molar-refractivity contribution < 1.29 is 39.5 Å². The minimum Gasteiger partial charge on any atom is -0.479 e. The largest absolute Gasteiger partial charge is 0.479 e. The molecule has 1 aromatic carbocycles. The second-order valence-electron chi connectivity index (χ2n) is 5.39. The summed E-state index contributed by atoms with van der Waals surface area (Å²) in [6.45, 7) is 0. The number of rotatable bonds is 3. The van der Waals surface area contributed by atoms with E-state index >= 15 is 0 Å². The minimum atomic E-state index is -1.85. The number of carbonyl (C=O) groups excluding carboxylic acids is 1. The fraction of sp³-hybridized carbons (Fsp3) is 0.333. The Morgan fingerprint density at radius 2 is 1.79 bits per heavy atom. The maximum atomic E-state index is 12.3. The Kier molecular flexibility index (Phi) is 4.24. The second-order valence-corrected chi connectivity index (χ2v) is 5.39. The first-order valence-corrected chi connectivity index (χ1v) is 7.09. The number of hydrogen-bond acceptors (Lipinski definition) is 7. The molecule has 9 heteroatoms. The van der Waals surface area contributed by atoms with Gasteiger partial charge < -0.3 is 34.9 Å². The lowest BCUT2D eigenvalue weighted by atomic mass is 9.99. The molecule has 0 spiro atoms. The summed E-state index contributed by atoms with van der Waals surface area (Å²) in [5.74, 6) is -2.43. The molecule has 9 nitrogen and oxygen atoms in total. The van der Waals surface area contributed by atoms with Crippen LogP contribution >= 0.6 is 0 Å². The molecular formula is C15H15NO8. The van der Waals surface area contributed by atoms with E-state index in [1.54, 1.807) is 24.3 Å². The molecule has 1 saturated heterocycles. The van der Waals surface area contributed by atoms with Crippen molar-refractivity contribution in [2.45, 2.75) is 30.7 Å². The van der Waals surface area contributed by atoms with Gasteiger partial charge in [-0.25, -0.2) is 9.59 Å². The Balaban J connectivity index is 1.81.